The van der Waals surface area contributed by atoms with Crippen molar-refractivity contribution >= 4 is 17.7 Å². The summed E-state index contributed by atoms with van der Waals surface area (Å²) in [6.07, 6.45) is 5.17. The molecule has 0 atom stereocenters. The summed E-state index contributed by atoms with van der Waals surface area (Å²) in [5, 5.41) is 12.9. The van der Waals surface area contributed by atoms with Crippen molar-refractivity contribution in [3.63, 3.8) is 0 Å². The SMILES string of the molecule is CCOC1(c2noc(SCC(=O)O)n2)CCCCC1. The van der Waals surface area contributed by atoms with Gasteiger partial charge >= 0.3 is 5.97 Å². The Hall–Kier alpha value is -1.08. The van der Waals surface area contributed by atoms with E-state index >= 15 is 0 Å². The monoisotopic (exact) mass is 286 g/mol. The van der Waals surface area contributed by atoms with Crippen molar-refractivity contribution in [3.05, 3.63) is 5.82 Å². The number of hydrogen-bond donors (Lipinski definition) is 1. The van der Waals surface area contributed by atoms with Crippen molar-refractivity contribution in [2.24, 2.45) is 0 Å². The number of ether oxygens (including phenoxy) is 1. The fourth-order valence-electron chi connectivity index (χ4n) is 2.41. The first-order valence-electron chi connectivity index (χ1n) is 6.49. The van der Waals surface area contributed by atoms with Crippen LogP contribution in [0.15, 0.2) is 9.75 Å². The highest BCUT2D eigenvalue weighted by molar-refractivity contribution is 7.99. The Bertz CT molecular complexity index is 424. The first-order chi connectivity index (χ1) is 9.16. The molecule has 7 heteroatoms. The van der Waals surface area contributed by atoms with E-state index in [0.717, 1.165) is 37.4 Å². The van der Waals surface area contributed by atoms with E-state index in [0.29, 0.717) is 17.7 Å². The summed E-state index contributed by atoms with van der Waals surface area (Å²) in [5.41, 5.74) is -0.446. The van der Waals surface area contributed by atoms with Crippen LogP contribution in [0.4, 0.5) is 0 Å². The maximum absolute atomic E-state index is 10.5. The summed E-state index contributed by atoms with van der Waals surface area (Å²) in [6.45, 7) is 2.56. The molecule has 0 unspecified atom stereocenters. The van der Waals surface area contributed by atoms with Gasteiger partial charge in [-0.3, -0.25) is 4.79 Å². The minimum atomic E-state index is -0.901. The van der Waals surface area contributed by atoms with E-state index in [4.69, 9.17) is 14.4 Å². The smallest absolute Gasteiger partial charge is 0.314 e. The van der Waals surface area contributed by atoms with Crippen LogP contribution in [0.2, 0.25) is 0 Å². The maximum Gasteiger partial charge on any atom is 0.314 e. The number of aliphatic carboxylic acids is 1. The lowest BCUT2D eigenvalue weighted by molar-refractivity contribution is -0.133. The molecule has 1 saturated carbocycles. The van der Waals surface area contributed by atoms with E-state index in [1.54, 1.807) is 0 Å². The van der Waals surface area contributed by atoms with E-state index in [1.807, 2.05) is 6.92 Å². The molecule has 0 bridgehead atoms. The highest BCUT2D eigenvalue weighted by Crippen LogP contribution is 2.39. The fraction of sp³-hybridized carbons (Fsp3) is 0.750. The lowest BCUT2D eigenvalue weighted by Gasteiger charge is -2.33. The Kier molecular flexibility index (Phi) is 4.81. The molecule has 0 aromatic carbocycles. The van der Waals surface area contributed by atoms with Crippen LogP contribution in [-0.2, 0) is 15.1 Å². The van der Waals surface area contributed by atoms with Crippen LogP contribution in [-0.4, -0.2) is 33.6 Å². The van der Waals surface area contributed by atoms with E-state index < -0.39 is 11.6 Å². The molecular formula is C12H18N2O4S. The van der Waals surface area contributed by atoms with Crippen LogP contribution in [0.5, 0.6) is 0 Å². The summed E-state index contributed by atoms with van der Waals surface area (Å²) in [6, 6.07) is 0. The predicted octanol–water partition coefficient (Wildman–Crippen LogP) is 2.44. The molecule has 0 spiro atoms. The Balaban J connectivity index is 2.11. The molecule has 0 aliphatic heterocycles. The Morgan fingerprint density at radius 1 is 1.47 bits per heavy atom. The number of hydrogen-bond acceptors (Lipinski definition) is 6. The summed E-state index contributed by atoms with van der Waals surface area (Å²) in [4.78, 5) is 14.8. The number of carboxylic acid groups (broad SMARTS) is 1. The molecule has 1 heterocycles. The van der Waals surface area contributed by atoms with Gasteiger partial charge in [0.25, 0.3) is 5.22 Å². The molecule has 0 amide bonds. The second-order valence-electron chi connectivity index (χ2n) is 4.55. The highest BCUT2D eigenvalue weighted by atomic mass is 32.2. The summed E-state index contributed by atoms with van der Waals surface area (Å²) in [7, 11) is 0. The van der Waals surface area contributed by atoms with Gasteiger partial charge < -0.3 is 14.4 Å². The maximum atomic E-state index is 10.5. The van der Waals surface area contributed by atoms with Crippen molar-refractivity contribution < 1.29 is 19.2 Å². The topological polar surface area (TPSA) is 85.5 Å². The van der Waals surface area contributed by atoms with Crippen molar-refractivity contribution in [1.29, 1.82) is 0 Å². The van der Waals surface area contributed by atoms with Crippen molar-refractivity contribution in [3.8, 4) is 0 Å². The number of thioether (sulfide) groups is 1. The van der Waals surface area contributed by atoms with Crippen molar-refractivity contribution in [1.82, 2.24) is 10.1 Å². The van der Waals surface area contributed by atoms with Gasteiger partial charge in [0, 0.05) is 6.61 Å². The molecule has 0 saturated heterocycles. The Morgan fingerprint density at radius 2 is 2.21 bits per heavy atom. The van der Waals surface area contributed by atoms with Gasteiger partial charge in [0.15, 0.2) is 0 Å². The second kappa shape index (κ2) is 6.38. The molecule has 1 fully saturated rings. The zero-order chi connectivity index (χ0) is 13.7. The number of carboxylic acids is 1. The van der Waals surface area contributed by atoms with Crippen molar-refractivity contribution in [2.75, 3.05) is 12.4 Å². The van der Waals surface area contributed by atoms with Crippen LogP contribution in [0.3, 0.4) is 0 Å². The van der Waals surface area contributed by atoms with Crippen LogP contribution in [0.1, 0.15) is 44.9 Å². The molecule has 1 aromatic rings. The molecule has 1 aromatic heterocycles. The normalized spacial score (nSPS) is 18.4. The molecule has 6 nitrogen and oxygen atoms in total. The highest BCUT2D eigenvalue weighted by Gasteiger charge is 2.39. The standard InChI is InChI=1S/C12H18N2O4S/c1-2-17-12(6-4-3-5-7-12)10-13-11(18-14-10)19-8-9(15)16/h2-8H2,1H3,(H,15,16). The van der Waals surface area contributed by atoms with E-state index in [9.17, 15) is 4.79 Å². The molecule has 1 aliphatic carbocycles. The largest absolute Gasteiger partial charge is 0.481 e. The minimum Gasteiger partial charge on any atom is -0.481 e. The number of aromatic nitrogens is 2. The van der Waals surface area contributed by atoms with E-state index in [-0.39, 0.29) is 5.75 Å². The molecule has 19 heavy (non-hydrogen) atoms. The van der Waals surface area contributed by atoms with E-state index in [2.05, 4.69) is 10.1 Å². The van der Waals surface area contributed by atoms with Gasteiger partial charge in [0.05, 0.1) is 0 Å². The number of carbonyl (C=O) groups is 1. The zero-order valence-corrected chi connectivity index (χ0v) is 11.7. The fourth-order valence-corrected chi connectivity index (χ4v) is 2.90. The number of rotatable bonds is 6. The predicted molar refractivity (Wildman–Crippen MR) is 69.0 cm³/mol. The summed E-state index contributed by atoms with van der Waals surface area (Å²) >= 11 is 1.03. The van der Waals surface area contributed by atoms with Crippen LogP contribution >= 0.6 is 11.8 Å². The third-order valence-corrected chi connectivity index (χ3v) is 4.02. The third kappa shape index (κ3) is 3.48. The van der Waals surface area contributed by atoms with Gasteiger partial charge in [-0.25, -0.2) is 0 Å². The van der Waals surface area contributed by atoms with Gasteiger partial charge in [-0.05, 0) is 19.8 Å². The summed E-state index contributed by atoms with van der Waals surface area (Å²) in [5.74, 6) is -0.424. The molecule has 106 valence electrons. The molecule has 0 radical (unpaired) electrons. The molecule has 2 rings (SSSR count). The number of nitrogens with zero attached hydrogens (tertiary/aromatic N) is 2. The minimum absolute atomic E-state index is 0.0801. The molecule has 1 N–H and O–H groups in total. The lowest BCUT2D eigenvalue weighted by Crippen LogP contribution is -2.33. The van der Waals surface area contributed by atoms with Gasteiger partial charge in [-0.2, -0.15) is 4.98 Å². The zero-order valence-electron chi connectivity index (χ0n) is 10.9. The first kappa shape index (κ1) is 14.3. The summed E-state index contributed by atoms with van der Waals surface area (Å²) < 4.78 is 11.0. The van der Waals surface area contributed by atoms with Gasteiger partial charge in [-0.15, -0.1) is 0 Å². The van der Waals surface area contributed by atoms with Gasteiger partial charge in [0.2, 0.25) is 5.82 Å². The average Bonchev–Trinajstić information content (AvgIpc) is 2.87. The van der Waals surface area contributed by atoms with Crippen molar-refractivity contribution in [2.45, 2.75) is 49.9 Å². The second-order valence-corrected chi connectivity index (χ2v) is 5.48. The lowest BCUT2D eigenvalue weighted by atomic mass is 9.84. The van der Waals surface area contributed by atoms with Crippen LogP contribution < -0.4 is 0 Å². The van der Waals surface area contributed by atoms with E-state index in [1.165, 1.54) is 6.42 Å². The Labute approximate surface area is 115 Å². The first-order valence-corrected chi connectivity index (χ1v) is 7.47. The Morgan fingerprint density at radius 3 is 2.84 bits per heavy atom. The quantitative estimate of drug-likeness (QED) is 0.804. The average molecular weight is 286 g/mol. The van der Waals surface area contributed by atoms with Crippen LogP contribution in [0.25, 0.3) is 0 Å². The molecular weight excluding hydrogens is 268 g/mol. The molecule has 1 aliphatic rings. The van der Waals surface area contributed by atoms with Crippen LogP contribution in [0, 0.1) is 0 Å². The van der Waals surface area contributed by atoms with Gasteiger partial charge in [-0.1, -0.05) is 36.2 Å². The van der Waals surface area contributed by atoms with Gasteiger partial charge in [0.1, 0.15) is 11.4 Å². The third-order valence-electron chi connectivity index (χ3n) is 3.22.